The summed E-state index contributed by atoms with van der Waals surface area (Å²) >= 11 is 0.480. The van der Waals surface area contributed by atoms with Crippen molar-refractivity contribution in [2.24, 2.45) is 0 Å². The first-order chi connectivity index (χ1) is 5.45. The van der Waals surface area contributed by atoms with Gasteiger partial charge in [0.2, 0.25) is 10.9 Å². The Labute approximate surface area is 70.7 Å². The molecule has 1 aromatic rings. The molecule has 12 heavy (non-hydrogen) atoms. The number of rotatable bonds is 1. The van der Waals surface area contributed by atoms with Crippen LogP contribution in [0.3, 0.4) is 0 Å². The fourth-order valence-electron chi connectivity index (χ4n) is 0.695. The third kappa shape index (κ3) is 1.69. The molecular formula is C6H6F3NOS. The first-order valence-electron chi connectivity index (χ1n) is 3.21. The summed E-state index contributed by atoms with van der Waals surface area (Å²) in [7, 11) is 0. The van der Waals surface area contributed by atoms with Gasteiger partial charge in [0.05, 0.1) is 4.88 Å². The number of aryl methyl sites for hydroxylation is 1. The second-order valence-electron chi connectivity index (χ2n) is 2.12. The van der Waals surface area contributed by atoms with Crippen LogP contribution in [0.5, 0.6) is 5.88 Å². The molecule has 0 radical (unpaired) electrons. The summed E-state index contributed by atoms with van der Waals surface area (Å²) in [5.74, 6) is -0.505. The topological polar surface area (TPSA) is 33.1 Å². The maximum Gasteiger partial charge on any atom is 0.443 e. The standard InChI is InChI=1S/C6H6F3NOS/c1-2-3-4(11)10-5(12-3)6(7,8)9/h11H,2H2,1H3. The third-order valence-electron chi connectivity index (χ3n) is 1.24. The molecule has 1 rings (SSSR count). The normalized spacial score (nSPS) is 12.0. The molecule has 0 aromatic carbocycles. The molecule has 0 saturated heterocycles. The molecule has 0 atom stereocenters. The van der Waals surface area contributed by atoms with Crippen molar-refractivity contribution in [1.29, 1.82) is 0 Å². The van der Waals surface area contributed by atoms with E-state index in [9.17, 15) is 13.2 Å². The van der Waals surface area contributed by atoms with Gasteiger partial charge in [-0.3, -0.25) is 0 Å². The van der Waals surface area contributed by atoms with Gasteiger partial charge in [-0.2, -0.15) is 18.2 Å². The fraction of sp³-hybridized carbons (Fsp3) is 0.500. The first-order valence-corrected chi connectivity index (χ1v) is 4.02. The highest BCUT2D eigenvalue weighted by atomic mass is 32.1. The van der Waals surface area contributed by atoms with Crippen LogP contribution in [-0.2, 0) is 12.6 Å². The van der Waals surface area contributed by atoms with Crippen molar-refractivity contribution in [3.63, 3.8) is 0 Å². The number of thiazole rings is 1. The maximum atomic E-state index is 12.0. The maximum absolute atomic E-state index is 12.0. The molecule has 0 aliphatic rings. The number of nitrogens with zero attached hydrogens (tertiary/aromatic N) is 1. The quantitative estimate of drug-likeness (QED) is 0.750. The SMILES string of the molecule is CCc1sc(C(F)(F)F)nc1O. The van der Waals surface area contributed by atoms with Crippen molar-refractivity contribution in [3.05, 3.63) is 9.88 Å². The summed E-state index contributed by atoms with van der Waals surface area (Å²) in [6, 6.07) is 0. The van der Waals surface area contributed by atoms with E-state index in [1.165, 1.54) is 0 Å². The Morgan fingerprint density at radius 3 is 2.33 bits per heavy atom. The van der Waals surface area contributed by atoms with Crippen molar-refractivity contribution < 1.29 is 18.3 Å². The van der Waals surface area contributed by atoms with Gasteiger partial charge in [0.15, 0.2) is 0 Å². The highest BCUT2D eigenvalue weighted by molar-refractivity contribution is 7.12. The largest absolute Gasteiger partial charge is 0.492 e. The van der Waals surface area contributed by atoms with Gasteiger partial charge in [-0.25, -0.2) is 0 Å². The minimum atomic E-state index is -4.45. The van der Waals surface area contributed by atoms with Crippen molar-refractivity contribution in [2.75, 3.05) is 0 Å². The Morgan fingerprint density at radius 2 is 2.08 bits per heavy atom. The number of halogens is 3. The Morgan fingerprint density at radius 1 is 1.50 bits per heavy atom. The molecule has 0 amide bonds. The second-order valence-corrected chi connectivity index (χ2v) is 3.20. The smallest absolute Gasteiger partial charge is 0.443 e. The highest BCUT2D eigenvalue weighted by Gasteiger charge is 2.35. The van der Waals surface area contributed by atoms with Crippen molar-refractivity contribution >= 4 is 11.3 Å². The highest BCUT2D eigenvalue weighted by Crippen LogP contribution is 2.36. The van der Waals surface area contributed by atoms with E-state index >= 15 is 0 Å². The molecule has 0 unspecified atom stereocenters. The molecular weight excluding hydrogens is 191 g/mol. The Bertz CT molecular complexity index is 281. The lowest BCUT2D eigenvalue weighted by Crippen LogP contribution is -2.03. The molecule has 0 bridgehead atoms. The molecule has 0 saturated carbocycles. The van der Waals surface area contributed by atoms with E-state index in [-0.39, 0.29) is 4.88 Å². The van der Waals surface area contributed by atoms with E-state index in [4.69, 9.17) is 5.11 Å². The summed E-state index contributed by atoms with van der Waals surface area (Å²) in [5, 5.41) is 7.90. The van der Waals surface area contributed by atoms with Gasteiger partial charge in [-0.15, -0.1) is 11.3 Å². The lowest BCUT2D eigenvalue weighted by Gasteiger charge is -1.98. The Balaban J connectivity index is 3.05. The lowest BCUT2D eigenvalue weighted by molar-refractivity contribution is -0.137. The van der Waals surface area contributed by atoms with E-state index in [0.29, 0.717) is 17.8 Å². The van der Waals surface area contributed by atoms with Crippen LogP contribution in [0, 0.1) is 0 Å². The van der Waals surface area contributed by atoms with E-state index in [1.807, 2.05) is 0 Å². The van der Waals surface area contributed by atoms with E-state index in [2.05, 4.69) is 4.98 Å². The minimum absolute atomic E-state index is 0.266. The zero-order valence-corrected chi connectivity index (χ0v) is 6.96. The Kier molecular flexibility index (Phi) is 2.27. The average Bonchev–Trinajstić information content (AvgIpc) is 2.29. The second kappa shape index (κ2) is 2.93. The van der Waals surface area contributed by atoms with Gasteiger partial charge in [0, 0.05) is 0 Å². The van der Waals surface area contributed by atoms with Gasteiger partial charge < -0.3 is 5.11 Å². The number of hydrogen-bond acceptors (Lipinski definition) is 3. The molecule has 6 heteroatoms. The van der Waals surface area contributed by atoms with Gasteiger partial charge in [-0.05, 0) is 6.42 Å². The zero-order chi connectivity index (χ0) is 9.35. The number of alkyl halides is 3. The molecule has 1 N–H and O–H groups in total. The average molecular weight is 197 g/mol. The van der Waals surface area contributed by atoms with E-state index in [1.54, 1.807) is 6.92 Å². The molecule has 0 fully saturated rings. The molecule has 0 aliphatic heterocycles. The fourth-order valence-corrected chi connectivity index (χ4v) is 1.46. The lowest BCUT2D eigenvalue weighted by atomic mass is 10.4. The zero-order valence-electron chi connectivity index (χ0n) is 6.14. The predicted octanol–water partition coefficient (Wildman–Crippen LogP) is 2.43. The van der Waals surface area contributed by atoms with Crippen LogP contribution in [0.25, 0.3) is 0 Å². The van der Waals surface area contributed by atoms with Gasteiger partial charge in [0.25, 0.3) is 0 Å². The summed E-state index contributed by atoms with van der Waals surface area (Å²) in [4.78, 5) is 3.27. The Hall–Kier alpha value is -0.780. The molecule has 1 aromatic heterocycles. The van der Waals surface area contributed by atoms with Crippen LogP contribution in [0.4, 0.5) is 13.2 Å². The van der Waals surface area contributed by atoms with E-state index in [0.717, 1.165) is 0 Å². The van der Waals surface area contributed by atoms with Crippen LogP contribution in [0.15, 0.2) is 0 Å². The molecule has 1 heterocycles. The molecule has 0 aliphatic carbocycles. The van der Waals surface area contributed by atoms with Gasteiger partial charge in [0.1, 0.15) is 0 Å². The third-order valence-corrected chi connectivity index (χ3v) is 2.47. The van der Waals surface area contributed by atoms with Gasteiger partial charge >= 0.3 is 6.18 Å². The van der Waals surface area contributed by atoms with Crippen LogP contribution in [0.1, 0.15) is 16.8 Å². The molecule has 2 nitrogen and oxygen atoms in total. The summed E-state index contributed by atoms with van der Waals surface area (Å²) in [5.41, 5.74) is 0. The summed E-state index contributed by atoms with van der Waals surface area (Å²) < 4.78 is 35.9. The summed E-state index contributed by atoms with van der Waals surface area (Å²) in [6.45, 7) is 1.66. The van der Waals surface area contributed by atoms with Crippen LogP contribution < -0.4 is 0 Å². The number of aromatic nitrogens is 1. The molecule has 0 spiro atoms. The summed E-state index contributed by atoms with van der Waals surface area (Å²) in [6.07, 6.45) is -4.09. The van der Waals surface area contributed by atoms with Crippen molar-refractivity contribution in [1.82, 2.24) is 4.98 Å². The molecule has 68 valence electrons. The monoisotopic (exact) mass is 197 g/mol. The van der Waals surface area contributed by atoms with Crippen LogP contribution in [-0.4, -0.2) is 10.1 Å². The number of hydrogen-bond donors (Lipinski definition) is 1. The van der Waals surface area contributed by atoms with Crippen LogP contribution in [0.2, 0.25) is 0 Å². The minimum Gasteiger partial charge on any atom is -0.492 e. The van der Waals surface area contributed by atoms with E-state index < -0.39 is 17.1 Å². The van der Waals surface area contributed by atoms with Gasteiger partial charge in [-0.1, -0.05) is 6.92 Å². The van der Waals surface area contributed by atoms with Crippen LogP contribution >= 0.6 is 11.3 Å². The van der Waals surface area contributed by atoms with Crippen molar-refractivity contribution in [2.45, 2.75) is 19.5 Å². The predicted molar refractivity (Wildman–Crippen MR) is 38.2 cm³/mol. The first kappa shape index (κ1) is 9.31. The van der Waals surface area contributed by atoms with Crippen molar-refractivity contribution in [3.8, 4) is 5.88 Å². The number of aromatic hydroxyl groups is 1.